The molecule has 1 fully saturated rings. The molecule has 1 aliphatic heterocycles. The smallest absolute Gasteiger partial charge is 0.377 e. The van der Waals surface area contributed by atoms with E-state index in [4.69, 9.17) is 18.0 Å². The van der Waals surface area contributed by atoms with Gasteiger partial charge in [-0.05, 0) is 13.8 Å². The Hall–Kier alpha value is 0.0569. The highest BCUT2D eigenvalue weighted by molar-refractivity contribution is 6.60. The lowest BCUT2D eigenvalue weighted by Gasteiger charge is -2.35. The maximum atomic E-state index is 6.13. The van der Waals surface area contributed by atoms with Gasteiger partial charge in [0.2, 0.25) is 0 Å². The first kappa shape index (κ1) is 14.1. The van der Waals surface area contributed by atoms with Gasteiger partial charge in [0.25, 0.3) is 0 Å². The maximum absolute atomic E-state index is 6.13. The molecule has 0 aromatic carbocycles. The summed E-state index contributed by atoms with van der Waals surface area (Å²) in [5, 5.41) is 0. The first-order valence-electron chi connectivity index (χ1n) is 5.89. The zero-order chi connectivity index (χ0) is 12.2. The Labute approximate surface area is 99.6 Å². The molecule has 0 N–H and O–H groups in total. The Morgan fingerprint density at radius 2 is 1.88 bits per heavy atom. The van der Waals surface area contributed by atoms with E-state index in [0.717, 1.165) is 25.5 Å². The van der Waals surface area contributed by atoms with Crippen LogP contribution in [0.3, 0.4) is 0 Å². The van der Waals surface area contributed by atoms with Gasteiger partial charge in [0, 0.05) is 26.7 Å². The molecule has 5 heteroatoms. The van der Waals surface area contributed by atoms with Crippen LogP contribution < -0.4 is 0 Å². The van der Waals surface area contributed by atoms with Crippen LogP contribution in [0.15, 0.2) is 0 Å². The second kappa shape index (κ2) is 5.60. The van der Waals surface area contributed by atoms with Gasteiger partial charge in [0.05, 0.1) is 18.3 Å². The standard InChI is InChI=1S/C11H24O4Si/c1-6-7-16(12-4,13-5)15-11(2,3)8-10-9-14-10/h10H,6-9H2,1-5H3. The van der Waals surface area contributed by atoms with Gasteiger partial charge in [-0.2, -0.15) is 0 Å². The summed E-state index contributed by atoms with van der Waals surface area (Å²) in [5.74, 6) is 0. The van der Waals surface area contributed by atoms with Crippen LogP contribution >= 0.6 is 0 Å². The fourth-order valence-corrected chi connectivity index (χ4v) is 4.31. The molecule has 0 radical (unpaired) electrons. The summed E-state index contributed by atoms with van der Waals surface area (Å²) in [6.45, 7) is 7.11. The molecule has 1 atom stereocenters. The van der Waals surface area contributed by atoms with Crippen molar-refractivity contribution in [2.75, 3.05) is 20.8 Å². The highest BCUT2D eigenvalue weighted by Crippen LogP contribution is 2.30. The molecular formula is C11H24O4Si. The second-order valence-electron chi connectivity index (χ2n) is 4.86. The largest absolute Gasteiger partial charge is 0.500 e. The maximum Gasteiger partial charge on any atom is 0.500 e. The van der Waals surface area contributed by atoms with Crippen molar-refractivity contribution < 1.29 is 18.0 Å². The summed E-state index contributed by atoms with van der Waals surface area (Å²) in [7, 11) is 0.878. The third-order valence-corrected chi connectivity index (χ3v) is 5.95. The third-order valence-electron chi connectivity index (χ3n) is 2.73. The average molecular weight is 248 g/mol. The zero-order valence-corrected chi connectivity index (χ0v) is 12.0. The zero-order valence-electron chi connectivity index (χ0n) is 11.0. The SMILES string of the molecule is CCC[Si](OC)(OC)OC(C)(C)CC1CO1. The van der Waals surface area contributed by atoms with E-state index in [1.54, 1.807) is 14.2 Å². The third kappa shape index (κ3) is 4.14. The van der Waals surface area contributed by atoms with E-state index in [1.165, 1.54) is 0 Å². The van der Waals surface area contributed by atoms with Crippen LogP contribution in [0.25, 0.3) is 0 Å². The first-order chi connectivity index (χ1) is 7.47. The van der Waals surface area contributed by atoms with Gasteiger partial charge in [-0.1, -0.05) is 13.3 Å². The molecule has 0 spiro atoms. The van der Waals surface area contributed by atoms with Crippen molar-refractivity contribution in [3.63, 3.8) is 0 Å². The number of ether oxygens (including phenoxy) is 1. The minimum Gasteiger partial charge on any atom is -0.377 e. The van der Waals surface area contributed by atoms with Gasteiger partial charge in [-0.15, -0.1) is 0 Å². The van der Waals surface area contributed by atoms with Gasteiger partial charge in [0.1, 0.15) is 0 Å². The summed E-state index contributed by atoms with van der Waals surface area (Å²) in [4.78, 5) is 0. The number of rotatable bonds is 8. The molecule has 16 heavy (non-hydrogen) atoms. The first-order valence-corrected chi connectivity index (χ1v) is 7.82. The minimum absolute atomic E-state index is 0.241. The number of hydrogen-bond donors (Lipinski definition) is 0. The molecule has 0 bridgehead atoms. The highest BCUT2D eigenvalue weighted by atomic mass is 28.4. The summed E-state index contributed by atoms with van der Waals surface area (Å²) >= 11 is 0. The molecule has 1 aliphatic rings. The van der Waals surface area contributed by atoms with Gasteiger partial charge in [0.15, 0.2) is 0 Å². The molecule has 1 rings (SSSR count). The Morgan fingerprint density at radius 1 is 1.31 bits per heavy atom. The van der Waals surface area contributed by atoms with Crippen molar-refractivity contribution in [3.05, 3.63) is 0 Å². The average Bonchev–Trinajstić information content (AvgIpc) is 2.99. The monoisotopic (exact) mass is 248 g/mol. The van der Waals surface area contributed by atoms with E-state index < -0.39 is 8.80 Å². The van der Waals surface area contributed by atoms with Gasteiger partial charge in [-0.3, -0.25) is 0 Å². The van der Waals surface area contributed by atoms with Crippen LogP contribution in [0, 0.1) is 0 Å². The van der Waals surface area contributed by atoms with E-state index in [0.29, 0.717) is 6.10 Å². The van der Waals surface area contributed by atoms with Crippen molar-refractivity contribution in [2.45, 2.75) is 51.4 Å². The van der Waals surface area contributed by atoms with E-state index >= 15 is 0 Å². The van der Waals surface area contributed by atoms with Crippen LogP contribution in [0.5, 0.6) is 0 Å². The van der Waals surface area contributed by atoms with Crippen LogP contribution in [0.2, 0.25) is 6.04 Å². The topological polar surface area (TPSA) is 40.2 Å². The summed E-state index contributed by atoms with van der Waals surface area (Å²) in [6, 6.07) is 0.856. The molecular weight excluding hydrogens is 224 g/mol. The normalized spacial score (nSPS) is 21.2. The van der Waals surface area contributed by atoms with E-state index in [2.05, 4.69) is 20.8 Å². The molecule has 96 valence electrons. The fourth-order valence-electron chi connectivity index (χ4n) is 1.92. The lowest BCUT2D eigenvalue weighted by Crippen LogP contribution is -2.50. The van der Waals surface area contributed by atoms with Crippen molar-refractivity contribution in [3.8, 4) is 0 Å². The van der Waals surface area contributed by atoms with Crippen LogP contribution in [-0.2, 0) is 18.0 Å². The number of epoxide rings is 1. The Morgan fingerprint density at radius 3 is 2.25 bits per heavy atom. The lowest BCUT2D eigenvalue weighted by atomic mass is 10.0. The second-order valence-corrected chi connectivity index (χ2v) is 7.75. The molecule has 1 heterocycles. The molecule has 1 unspecified atom stereocenters. The number of hydrogen-bond acceptors (Lipinski definition) is 4. The van der Waals surface area contributed by atoms with Crippen molar-refractivity contribution in [2.24, 2.45) is 0 Å². The summed E-state index contributed by atoms with van der Waals surface area (Å²) in [5.41, 5.74) is -0.241. The Kier molecular flexibility index (Phi) is 4.94. The van der Waals surface area contributed by atoms with E-state index in [9.17, 15) is 0 Å². The van der Waals surface area contributed by atoms with Gasteiger partial charge in [-0.25, -0.2) is 0 Å². The van der Waals surface area contributed by atoms with E-state index in [1.807, 2.05) is 0 Å². The quantitative estimate of drug-likeness (QED) is 0.488. The Balaban J connectivity index is 2.56. The molecule has 1 saturated heterocycles. The molecule has 0 aromatic rings. The molecule has 0 saturated carbocycles. The van der Waals surface area contributed by atoms with Gasteiger partial charge >= 0.3 is 8.80 Å². The van der Waals surface area contributed by atoms with Gasteiger partial charge < -0.3 is 18.0 Å². The predicted molar refractivity (Wildman–Crippen MR) is 64.4 cm³/mol. The van der Waals surface area contributed by atoms with Crippen molar-refractivity contribution in [1.29, 1.82) is 0 Å². The minimum atomic E-state index is -2.47. The summed E-state index contributed by atoms with van der Waals surface area (Å²) in [6.07, 6.45) is 2.26. The highest BCUT2D eigenvalue weighted by Gasteiger charge is 2.45. The predicted octanol–water partition coefficient (Wildman–Crippen LogP) is 2.21. The van der Waals surface area contributed by atoms with Crippen LogP contribution in [-0.4, -0.2) is 41.3 Å². The Bertz CT molecular complexity index is 212. The van der Waals surface area contributed by atoms with Crippen LogP contribution in [0.4, 0.5) is 0 Å². The van der Waals surface area contributed by atoms with Crippen LogP contribution in [0.1, 0.15) is 33.6 Å². The molecule has 0 amide bonds. The summed E-state index contributed by atoms with van der Waals surface area (Å²) < 4.78 is 22.4. The molecule has 4 nitrogen and oxygen atoms in total. The lowest BCUT2D eigenvalue weighted by molar-refractivity contribution is -0.00355. The molecule has 0 aliphatic carbocycles. The molecule has 0 aromatic heterocycles. The van der Waals surface area contributed by atoms with E-state index in [-0.39, 0.29) is 5.60 Å². The fraction of sp³-hybridized carbons (Fsp3) is 1.00. The van der Waals surface area contributed by atoms with Crippen molar-refractivity contribution in [1.82, 2.24) is 0 Å². The van der Waals surface area contributed by atoms with Crippen molar-refractivity contribution >= 4 is 8.80 Å².